The number of aromatic nitrogens is 1. The molecule has 1 amide bonds. The molecule has 0 radical (unpaired) electrons. The summed E-state index contributed by atoms with van der Waals surface area (Å²) >= 11 is 7.54. The van der Waals surface area contributed by atoms with Gasteiger partial charge in [0.15, 0.2) is 5.13 Å². The van der Waals surface area contributed by atoms with Gasteiger partial charge in [0, 0.05) is 10.6 Å². The van der Waals surface area contributed by atoms with Gasteiger partial charge in [0.1, 0.15) is 17.3 Å². The Kier molecular flexibility index (Phi) is 5.62. The monoisotopic (exact) mass is 460 g/mol. The van der Waals surface area contributed by atoms with E-state index in [2.05, 4.69) is 4.98 Å². The number of benzene rings is 3. The van der Waals surface area contributed by atoms with E-state index >= 15 is 0 Å². The summed E-state index contributed by atoms with van der Waals surface area (Å²) in [6.07, 6.45) is 1.59. The molecular weight excluding hydrogens is 444 g/mol. The molecule has 2 heterocycles. The molecule has 5 rings (SSSR count). The zero-order valence-corrected chi connectivity index (χ0v) is 18.3. The van der Waals surface area contributed by atoms with Crippen molar-refractivity contribution in [2.24, 2.45) is 0 Å². The van der Waals surface area contributed by atoms with Gasteiger partial charge < -0.3 is 9.15 Å². The minimum Gasteiger partial charge on any atom is -0.467 e. The predicted octanol–water partition coefficient (Wildman–Crippen LogP) is 7.18. The Hall–Kier alpha value is -3.61. The third-order valence-electron chi connectivity index (χ3n) is 4.77. The fraction of sp³-hybridized carbons (Fsp3) is 0.0400. The van der Waals surface area contributed by atoms with Crippen LogP contribution in [0, 0.1) is 0 Å². The lowest BCUT2D eigenvalue weighted by atomic mass is 10.2. The molecule has 5 aromatic rings. The van der Waals surface area contributed by atoms with Crippen LogP contribution in [-0.4, -0.2) is 10.9 Å². The van der Waals surface area contributed by atoms with Crippen LogP contribution in [-0.2, 0) is 6.54 Å². The molecule has 0 fully saturated rings. The molecule has 0 saturated carbocycles. The largest absolute Gasteiger partial charge is 0.467 e. The number of amides is 1. The number of para-hydroxylation sites is 1. The topological polar surface area (TPSA) is 55.6 Å². The number of nitrogens with zero attached hydrogens (tertiary/aromatic N) is 2. The van der Waals surface area contributed by atoms with E-state index in [1.165, 1.54) is 11.3 Å². The molecule has 5 nitrogen and oxygen atoms in total. The number of carbonyl (C=O) groups excluding carboxylic acids is 1. The predicted molar refractivity (Wildman–Crippen MR) is 127 cm³/mol. The van der Waals surface area contributed by atoms with Crippen LogP contribution < -0.4 is 9.64 Å². The zero-order chi connectivity index (χ0) is 21.9. The number of hydrogen-bond donors (Lipinski definition) is 0. The molecule has 0 aliphatic carbocycles. The lowest BCUT2D eigenvalue weighted by Gasteiger charge is -2.19. The standard InChI is InChI=1S/C25H17ClN2O3S/c26-18-11-12-22-23(15-18)32-25(27-22)28(16-21-10-5-13-30-21)24(29)17-6-4-9-20(14-17)31-19-7-2-1-3-8-19/h1-15H,16H2. The van der Waals surface area contributed by atoms with Gasteiger partial charge in [-0.25, -0.2) is 4.98 Å². The number of ether oxygens (including phenoxy) is 1. The molecule has 0 bridgehead atoms. The van der Waals surface area contributed by atoms with Gasteiger partial charge in [0.05, 0.1) is 23.0 Å². The van der Waals surface area contributed by atoms with E-state index in [4.69, 9.17) is 20.8 Å². The summed E-state index contributed by atoms with van der Waals surface area (Å²) in [6.45, 7) is 0.253. The average molecular weight is 461 g/mol. The first kappa shape index (κ1) is 20.3. The lowest BCUT2D eigenvalue weighted by Crippen LogP contribution is -2.30. The van der Waals surface area contributed by atoms with Gasteiger partial charge in [0.25, 0.3) is 5.91 Å². The van der Waals surface area contributed by atoms with Crippen molar-refractivity contribution in [2.45, 2.75) is 6.54 Å². The fourth-order valence-corrected chi connectivity index (χ4v) is 4.50. The Bertz CT molecular complexity index is 1370. The quantitative estimate of drug-likeness (QED) is 0.269. The molecule has 0 spiro atoms. The summed E-state index contributed by atoms with van der Waals surface area (Å²) in [7, 11) is 0. The van der Waals surface area contributed by atoms with Crippen molar-refractivity contribution in [3.8, 4) is 11.5 Å². The van der Waals surface area contributed by atoms with Crippen LogP contribution in [0.15, 0.2) is 95.6 Å². The lowest BCUT2D eigenvalue weighted by molar-refractivity contribution is 0.0983. The number of rotatable bonds is 6. The Balaban J connectivity index is 1.49. The first-order valence-corrected chi connectivity index (χ1v) is 11.1. The highest BCUT2D eigenvalue weighted by Gasteiger charge is 2.23. The van der Waals surface area contributed by atoms with Gasteiger partial charge in [-0.3, -0.25) is 9.69 Å². The van der Waals surface area contributed by atoms with E-state index in [0.29, 0.717) is 33.0 Å². The third-order valence-corrected chi connectivity index (χ3v) is 6.05. The zero-order valence-electron chi connectivity index (χ0n) is 16.8. The number of hydrogen-bond acceptors (Lipinski definition) is 5. The van der Waals surface area contributed by atoms with Crippen LogP contribution in [0.2, 0.25) is 5.02 Å². The Morgan fingerprint density at radius 3 is 2.62 bits per heavy atom. The molecule has 7 heteroatoms. The Labute approximate surface area is 193 Å². The molecular formula is C25H17ClN2O3S. The molecule has 0 N–H and O–H groups in total. The summed E-state index contributed by atoms with van der Waals surface area (Å²) < 4.78 is 12.3. The summed E-state index contributed by atoms with van der Waals surface area (Å²) in [4.78, 5) is 19.9. The summed E-state index contributed by atoms with van der Waals surface area (Å²) in [5.74, 6) is 1.74. The molecule has 2 aromatic heterocycles. The van der Waals surface area contributed by atoms with Gasteiger partial charge in [-0.15, -0.1) is 0 Å². The van der Waals surface area contributed by atoms with Crippen molar-refractivity contribution >= 4 is 44.2 Å². The first-order chi connectivity index (χ1) is 15.7. The maximum atomic E-state index is 13.6. The van der Waals surface area contributed by atoms with E-state index in [-0.39, 0.29) is 12.5 Å². The number of carbonyl (C=O) groups is 1. The van der Waals surface area contributed by atoms with E-state index in [1.54, 1.807) is 41.5 Å². The Morgan fingerprint density at radius 1 is 0.969 bits per heavy atom. The van der Waals surface area contributed by atoms with Crippen LogP contribution in [0.5, 0.6) is 11.5 Å². The number of thiazole rings is 1. The SMILES string of the molecule is O=C(c1cccc(Oc2ccccc2)c1)N(Cc1ccco1)c1nc2ccc(Cl)cc2s1. The number of anilines is 1. The van der Waals surface area contributed by atoms with Crippen molar-refractivity contribution in [1.82, 2.24) is 4.98 Å². The van der Waals surface area contributed by atoms with Gasteiger partial charge >= 0.3 is 0 Å². The molecule has 32 heavy (non-hydrogen) atoms. The van der Waals surface area contributed by atoms with E-state index in [1.807, 2.05) is 54.6 Å². The molecule has 0 aliphatic rings. The van der Waals surface area contributed by atoms with Crippen molar-refractivity contribution in [1.29, 1.82) is 0 Å². The minimum atomic E-state index is -0.204. The fourth-order valence-electron chi connectivity index (χ4n) is 3.26. The molecule has 3 aromatic carbocycles. The Morgan fingerprint density at radius 2 is 1.81 bits per heavy atom. The highest BCUT2D eigenvalue weighted by molar-refractivity contribution is 7.22. The van der Waals surface area contributed by atoms with E-state index in [9.17, 15) is 4.79 Å². The molecule has 0 saturated heterocycles. The highest BCUT2D eigenvalue weighted by atomic mass is 35.5. The van der Waals surface area contributed by atoms with Crippen molar-refractivity contribution in [3.63, 3.8) is 0 Å². The van der Waals surface area contributed by atoms with Crippen LogP contribution >= 0.6 is 22.9 Å². The van der Waals surface area contributed by atoms with Crippen LogP contribution in [0.4, 0.5) is 5.13 Å². The maximum absolute atomic E-state index is 13.6. The van der Waals surface area contributed by atoms with E-state index < -0.39 is 0 Å². The number of halogens is 1. The van der Waals surface area contributed by atoms with Crippen LogP contribution in [0.1, 0.15) is 16.1 Å². The average Bonchev–Trinajstić information content (AvgIpc) is 3.47. The first-order valence-electron chi connectivity index (χ1n) is 9.89. The highest BCUT2D eigenvalue weighted by Crippen LogP contribution is 2.33. The third kappa shape index (κ3) is 4.37. The summed E-state index contributed by atoms with van der Waals surface area (Å²) in [5, 5.41) is 1.19. The van der Waals surface area contributed by atoms with Gasteiger partial charge in [0.2, 0.25) is 0 Å². The molecule has 0 aliphatic heterocycles. The van der Waals surface area contributed by atoms with Gasteiger partial charge in [-0.1, -0.05) is 47.2 Å². The van der Waals surface area contributed by atoms with Crippen molar-refractivity contribution in [3.05, 3.63) is 108 Å². The van der Waals surface area contributed by atoms with Crippen LogP contribution in [0.3, 0.4) is 0 Å². The number of fused-ring (bicyclic) bond motifs is 1. The van der Waals surface area contributed by atoms with Crippen LogP contribution in [0.25, 0.3) is 10.2 Å². The second-order valence-electron chi connectivity index (χ2n) is 7.02. The molecule has 0 atom stereocenters. The minimum absolute atomic E-state index is 0.204. The summed E-state index contributed by atoms with van der Waals surface area (Å²) in [5.41, 5.74) is 1.27. The smallest absolute Gasteiger partial charge is 0.260 e. The van der Waals surface area contributed by atoms with E-state index in [0.717, 1.165) is 10.2 Å². The van der Waals surface area contributed by atoms with Crippen molar-refractivity contribution < 1.29 is 13.9 Å². The number of furan rings is 1. The summed E-state index contributed by atoms with van der Waals surface area (Å²) in [6, 6.07) is 25.7. The van der Waals surface area contributed by atoms with Gasteiger partial charge in [-0.05, 0) is 60.7 Å². The second-order valence-corrected chi connectivity index (χ2v) is 8.47. The maximum Gasteiger partial charge on any atom is 0.260 e. The van der Waals surface area contributed by atoms with Crippen molar-refractivity contribution in [2.75, 3.05) is 4.90 Å². The second kappa shape index (κ2) is 8.86. The molecule has 0 unspecified atom stereocenters. The van der Waals surface area contributed by atoms with Gasteiger partial charge in [-0.2, -0.15) is 0 Å². The molecule has 158 valence electrons. The normalized spacial score (nSPS) is 10.9.